The van der Waals surface area contributed by atoms with Crippen molar-refractivity contribution in [1.29, 1.82) is 0 Å². The monoisotopic (exact) mass is 1300 g/mol. The van der Waals surface area contributed by atoms with E-state index < -0.39 is 0 Å². The molecule has 0 radical (unpaired) electrons. The standard InChI is InChI=1S/2C27H37N3O2.C27H31N3O2/c3*31-26(29-18-9-7-15-22-11-3-1-4-12-22)24-17-20-28-21-25(24)27(32)30-19-10-8-16-23-13-5-2-6-14-23/h2*1-6,11-14,24-25,28H,7-10,15-21H2,(H,29,31)(H,30,32);1-6,11-14,17,20-21H,7-10,15-16,18-19H2,(H,29,31)(H,30,32)/t24-,25?;24-,25+;/m11./s1. The lowest BCUT2D eigenvalue weighted by Gasteiger charge is -2.30. The second-order valence-electron chi connectivity index (χ2n) is 25.2. The van der Waals surface area contributed by atoms with E-state index in [0.717, 1.165) is 129 Å². The van der Waals surface area contributed by atoms with Crippen LogP contribution in [-0.4, -0.2) is 106 Å². The first-order chi connectivity index (χ1) is 47.2. The summed E-state index contributed by atoms with van der Waals surface area (Å²) in [7, 11) is 0. The lowest BCUT2D eigenvalue weighted by atomic mass is 9.85. The minimum atomic E-state index is -0.290. The van der Waals surface area contributed by atoms with Crippen LogP contribution in [0.25, 0.3) is 0 Å². The molecule has 2 aliphatic heterocycles. The van der Waals surface area contributed by atoms with Crippen molar-refractivity contribution in [3.8, 4) is 0 Å². The third-order valence-electron chi connectivity index (χ3n) is 17.8. The molecule has 1 aromatic heterocycles. The lowest BCUT2D eigenvalue weighted by Crippen LogP contribution is -2.50. The summed E-state index contributed by atoms with van der Waals surface area (Å²) in [4.78, 5) is 80.3. The van der Waals surface area contributed by atoms with Gasteiger partial charge in [-0.25, -0.2) is 0 Å². The van der Waals surface area contributed by atoms with E-state index in [2.05, 4.69) is 169 Å². The van der Waals surface area contributed by atoms with Crippen LogP contribution < -0.4 is 42.5 Å². The van der Waals surface area contributed by atoms with E-state index in [1.54, 1.807) is 12.3 Å². The molecule has 0 aliphatic carbocycles. The average Bonchev–Trinajstić information content (AvgIpc) is 1.06. The zero-order valence-corrected chi connectivity index (χ0v) is 56.5. The van der Waals surface area contributed by atoms with E-state index in [9.17, 15) is 28.8 Å². The van der Waals surface area contributed by atoms with Crippen molar-refractivity contribution in [1.82, 2.24) is 47.5 Å². The Morgan fingerprint density at radius 2 is 0.552 bits per heavy atom. The molecule has 6 aromatic carbocycles. The van der Waals surface area contributed by atoms with Gasteiger partial charge in [0.1, 0.15) is 0 Å². The molecule has 510 valence electrons. The number of pyridine rings is 1. The van der Waals surface area contributed by atoms with Crippen LogP contribution in [-0.2, 0) is 57.7 Å². The zero-order chi connectivity index (χ0) is 67.3. The van der Waals surface area contributed by atoms with E-state index >= 15 is 0 Å². The van der Waals surface area contributed by atoms with Crippen LogP contribution in [0, 0.1) is 23.7 Å². The van der Waals surface area contributed by atoms with Crippen LogP contribution in [0.2, 0.25) is 0 Å². The molecule has 96 heavy (non-hydrogen) atoms. The molecule has 2 fully saturated rings. The first kappa shape index (κ1) is 74.6. The predicted molar refractivity (Wildman–Crippen MR) is 386 cm³/mol. The SMILES string of the molecule is O=C(NCCCCc1ccccc1)C1CNCC[C@H]1C(=O)NCCCCc1ccccc1.O=C(NCCCCc1ccccc1)[C@H]1CNCC[C@H]1C(=O)NCCCCc1ccccc1.O=C(NCCCCc1ccccc1)c1ccncc1C(=O)NCCCCc1ccccc1. The number of hydrogen-bond donors (Lipinski definition) is 8. The second kappa shape index (κ2) is 45.6. The lowest BCUT2D eigenvalue weighted by molar-refractivity contribution is -0.135. The van der Waals surface area contributed by atoms with Crippen molar-refractivity contribution < 1.29 is 28.8 Å². The molecule has 4 atom stereocenters. The minimum absolute atomic E-state index is 0.00105. The van der Waals surface area contributed by atoms with Gasteiger partial charge in [0.05, 0.1) is 34.8 Å². The second-order valence-corrected chi connectivity index (χ2v) is 25.2. The smallest absolute Gasteiger partial charge is 0.253 e. The quantitative estimate of drug-likeness (QED) is 0.0175. The van der Waals surface area contributed by atoms with Gasteiger partial charge in [-0.2, -0.15) is 0 Å². The fourth-order valence-corrected chi connectivity index (χ4v) is 12.2. The number of hydrogen-bond acceptors (Lipinski definition) is 9. The Balaban J connectivity index is 0.000000203. The third kappa shape index (κ3) is 29.1. The van der Waals surface area contributed by atoms with Crippen LogP contribution in [0.3, 0.4) is 0 Å². The van der Waals surface area contributed by atoms with Gasteiger partial charge in [-0.3, -0.25) is 33.8 Å². The van der Waals surface area contributed by atoms with Crippen LogP contribution in [0.5, 0.6) is 0 Å². The Hall–Kier alpha value is -8.79. The maximum atomic E-state index is 12.8. The molecule has 1 unspecified atom stereocenters. The fourth-order valence-electron chi connectivity index (χ4n) is 12.2. The van der Waals surface area contributed by atoms with Gasteiger partial charge >= 0.3 is 0 Å². The Bertz CT molecular complexity index is 2930. The Morgan fingerprint density at radius 1 is 0.302 bits per heavy atom. The highest BCUT2D eigenvalue weighted by atomic mass is 16.2. The molecule has 3 heterocycles. The maximum Gasteiger partial charge on any atom is 0.253 e. The Kier molecular flexibility index (Phi) is 35.4. The molecule has 2 saturated heterocycles. The number of nitrogens with one attached hydrogen (secondary N) is 8. The number of carbonyl (C=O) groups is 6. The average molecular weight is 1300 g/mol. The van der Waals surface area contributed by atoms with Gasteiger partial charge in [0.15, 0.2) is 0 Å². The molecule has 0 bridgehead atoms. The van der Waals surface area contributed by atoms with E-state index in [4.69, 9.17) is 0 Å². The fraction of sp³-hybridized carbons (Fsp3) is 0.420. The van der Waals surface area contributed by atoms with E-state index in [1.165, 1.54) is 39.6 Å². The highest BCUT2D eigenvalue weighted by Gasteiger charge is 2.36. The van der Waals surface area contributed by atoms with Gasteiger partial charge in [-0.15, -0.1) is 0 Å². The van der Waals surface area contributed by atoms with Crippen LogP contribution in [0.1, 0.15) is 144 Å². The van der Waals surface area contributed by atoms with Gasteiger partial charge in [0.25, 0.3) is 11.8 Å². The summed E-state index contributed by atoms with van der Waals surface area (Å²) in [6, 6.07) is 63.9. The molecule has 6 amide bonds. The van der Waals surface area contributed by atoms with E-state index in [-0.39, 0.29) is 59.1 Å². The van der Waals surface area contributed by atoms with Crippen LogP contribution in [0.4, 0.5) is 0 Å². The number of nitrogens with zero attached hydrogens (tertiary/aromatic N) is 1. The number of unbranched alkanes of at least 4 members (excludes halogenated alkanes) is 6. The van der Waals surface area contributed by atoms with Gasteiger partial charge in [-0.1, -0.05) is 182 Å². The number of carbonyl (C=O) groups excluding carboxylic acids is 6. The molecule has 2 aliphatic rings. The highest BCUT2D eigenvalue weighted by molar-refractivity contribution is 6.07. The molecule has 0 spiro atoms. The summed E-state index contributed by atoms with van der Waals surface area (Å²) in [6.45, 7) is 6.53. The highest BCUT2D eigenvalue weighted by Crippen LogP contribution is 2.22. The van der Waals surface area contributed by atoms with Crippen molar-refractivity contribution in [2.45, 2.75) is 128 Å². The topological polar surface area (TPSA) is 212 Å². The number of rotatable bonds is 36. The van der Waals surface area contributed by atoms with E-state index in [0.29, 0.717) is 76.3 Å². The molecule has 0 saturated carbocycles. The van der Waals surface area contributed by atoms with Crippen molar-refractivity contribution >= 4 is 35.4 Å². The van der Waals surface area contributed by atoms with Crippen molar-refractivity contribution in [3.05, 3.63) is 245 Å². The van der Waals surface area contributed by atoms with Gasteiger partial charge in [-0.05, 0) is 181 Å². The summed E-state index contributed by atoms with van der Waals surface area (Å²) in [5.74, 6) is -1.50. The van der Waals surface area contributed by atoms with Crippen LogP contribution in [0.15, 0.2) is 200 Å². The van der Waals surface area contributed by atoms with Gasteiger partial charge in [0.2, 0.25) is 23.6 Å². The van der Waals surface area contributed by atoms with Crippen LogP contribution >= 0.6 is 0 Å². The zero-order valence-electron chi connectivity index (χ0n) is 56.5. The summed E-state index contributed by atoms with van der Waals surface area (Å²) in [6.07, 6.45) is 22.2. The summed E-state index contributed by atoms with van der Waals surface area (Å²) < 4.78 is 0. The number of piperidine rings is 2. The molecule has 8 N–H and O–H groups in total. The number of amides is 6. The summed E-state index contributed by atoms with van der Waals surface area (Å²) in [5.41, 5.74) is 8.61. The predicted octanol–water partition coefficient (Wildman–Crippen LogP) is 11.6. The van der Waals surface area contributed by atoms with Crippen molar-refractivity contribution in [2.75, 3.05) is 65.4 Å². The van der Waals surface area contributed by atoms with Gasteiger partial charge in [0, 0.05) is 64.8 Å². The normalized spacial score (nSPS) is 15.6. The molecular formula is C81H105N9O6. The van der Waals surface area contributed by atoms with Crippen molar-refractivity contribution in [3.63, 3.8) is 0 Å². The molecular weight excluding hydrogens is 1190 g/mol. The Labute approximate surface area is 571 Å². The first-order valence-corrected chi connectivity index (χ1v) is 35.5. The Morgan fingerprint density at radius 3 is 0.833 bits per heavy atom. The number of aromatic nitrogens is 1. The largest absolute Gasteiger partial charge is 0.356 e. The number of aryl methyl sites for hydroxylation is 6. The van der Waals surface area contributed by atoms with Gasteiger partial charge < -0.3 is 42.5 Å². The van der Waals surface area contributed by atoms with Crippen molar-refractivity contribution in [2.24, 2.45) is 23.7 Å². The molecule has 9 rings (SSSR count). The van der Waals surface area contributed by atoms with E-state index in [1.807, 2.05) is 60.7 Å². The molecule has 7 aromatic rings. The molecule has 15 heteroatoms. The minimum Gasteiger partial charge on any atom is -0.356 e. The maximum absolute atomic E-state index is 12.8. The first-order valence-electron chi connectivity index (χ1n) is 35.5. The summed E-state index contributed by atoms with van der Waals surface area (Å²) in [5, 5.41) is 24.7. The third-order valence-corrected chi connectivity index (χ3v) is 17.8. The number of benzene rings is 6. The molecule has 15 nitrogen and oxygen atoms in total. The summed E-state index contributed by atoms with van der Waals surface area (Å²) >= 11 is 0.